The highest BCUT2D eigenvalue weighted by Crippen LogP contribution is 2.18. The fourth-order valence-corrected chi connectivity index (χ4v) is 3.90. The van der Waals surface area contributed by atoms with Gasteiger partial charge in [0.1, 0.15) is 0 Å². The van der Waals surface area contributed by atoms with E-state index in [9.17, 15) is 0 Å². The van der Waals surface area contributed by atoms with E-state index in [2.05, 4.69) is 92.5 Å². The van der Waals surface area contributed by atoms with Gasteiger partial charge in [0.05, 0.1) is 22.4 Å². The fraction of sp³-hybridized carbons (Fsp3) is 0.391. The van der Waals surface area contributed by atoms with Crippen LogP contribution in [0.5, 0.6) is 0 Å². The van der Waals surface area contributed by atoms with Gasteiger partial charge in [-0.2, -0.15) is 0 Å². The maximum Gasteiger partial charge on any atom is 0.0958 e. The lowest BCUT2D eigenvalue weighted by molar-refractivity contribution is 0.187. The highest BCUT2D eigenvalue weighted by molar-refractivity contribution is 7.28. The van der Waals surface area contributed by atoms with E-state index in [0.29, 0.717) is 0 Å². The second-order valence-electron chi connectivity index (χ2n) is 7.75. The van der Waals surface area contributed by atoms with Crippen molar-refractivity contribution in [1.82, 2.24) is 25.1 Å². The van der Waals surface area contributed by atoms with Crippen LogP contribution in [-0.4, -0.2) is 53.0 Å². The first-order chi connectivity index (χ1) is 14.0. The molecule has 154 valence electrons. The van der Waals surface area contributed by atoms with Crippen molar-refractivity contribution in [2.75, 3.05) is 33.2 Å². The Balaban J connectivity index is 1.80. The van der Waals surface area contributed by atoms with E-state index >= 15 is 0 Å². The first-order valence-corrected chi connectivity index (χ1v) is 10.7. The summed E-state index contributed by atoms with van der Waals surface area (Å²) >= 11 is 0. The molecule has 1 fully saturated rings. The molecule has 6 heteroatoms. The largest absolute Gasteiger partial charge is 0.380 e. The van der Waals surface area contributed by atoms with Crippen molar-refractivity contribution in [3.63, 3.8) is 0 Å². The Morgan fingerprint density at radius 2 is 1.83 bits per heavy atom. The predicted molar refractivity (Wildman–Crippen MR) is 126 cm³/mol. The molecule has 1 aliphatic heterocycles. The van der Waals surface area contributed by atoms with Crippen molar-refractivity contribution in [2.45, 2.75) is 27.3 Å². The minimum atomic E-state index is 0.744. The molecule has 1 aliphatic rings. The summed E-state index contributed by atoms with van der Waals surface area (Å²) in [6.07, 6.45) is 10.1. The zero-order chi connectivity index (χ0) is 20.8. The van der Waals surface area contributed by atoms with Crippen LogP contribution in [0.2, 0.25) is 0 Å². The maximum absolute atomic E-state index is 4.46. The summed E-state index contributed by atoms with van der Waals surface area (Å²) in [5.74, 6) is 0. The number of rotatable bonds is 6. The molecule has 3 rings (SSSR count). The van der Waals surface area contributed by atoms with E-state index in [-0.39, 0.29) is 0 Å². The third-order valence-corrected chi connectivity index (χ3v) is 5.57. The molecule has 2 heterocycles. The van der Waals surface area contributed by atoms with Gasteiger partial charge < -0.3 is 15.1 Å². The molecule has 0 aliphatic carbocycles. The molecule has 1 saturated heterocycles. The normalized spacial score (nSPS) is 16.2. The average Bonchev–Trinajstić information content (AvgIpc) is 2.71. The van der Waals surface area contributed by atoms with Gasteiger partial charge in [0.2, 0.25) is 0 Å². The van der Waals surface area contributed by atoms with Gasteiger partial charge in [-0.3, -0.25) is 9.97 Å². The Morgan fingerprint density at radius 1 is 1.10 bits per heavy atom. The van der Waals surface area contributed by atoms with Crippen LogP contribution in [0, 0.1) is 0 Å². The third kappa shape index (κ3) is 5.65. The maximum atomic E-state index is 4.46. The lowest BCUT2D eigenvalue weighted by Gasteiger charge is -2.36. The monoisotopic (exact) mass is 409 g/mol. The van der Waals surface area contributed by atoms with Gasteiger partial charge in [0, 0.05) is 45.1 Å². The minimum Gasteiger partial charge on any atom is -0.380 e. The van der Waals surface area contributed by atoms with Gasteiger partial charge in [-0.1, -0.05) is 17.7 Å². The second-order valence-corrected chi connectivity index (χ2v) is 8.37. The molecule has 0 saturated carbocycles. The first-order valence-electron chi connectivity index (χ1n) is 10.2. The van der Waals surface area contributed by atoms with Crippen molar-refractivity contribution >= 4 is 25.6 Å². The van der Waals surface area contributed by atoms with Crippen LogP contribution < -0.4 is 10.6 Å². The lowest BCUT2D eigenvalue weighted by atomic mass is 10.1. The molecule has 1 aromatic carbocycles. The van der Waals surface area contributed by atoms with Crippen LogP contribution in [0.4, 0.5) is 0 Å². The summed E-state index contributed by atoms with van der Waals surface area (Å²) in [5, 5.41) is 4.74. The van der Waals surface area contributed by atoms with E-state index in [0.717, 1.165) is 54.8 Å². The van der Waals surface area contributed by atoms with Crippen molar-refractivity contribution in [3.8, 4) is 0 Å². The number of aromatic nitrogens is 2. The van der Waals surface area contributed by atoms with Crippen molar-refractivity contribution in [2.24, 2.45) is 0 Å². The second kappa shape index (κ2) is 10.00. The molecular weight excluding hydrogens is 377 g/mol. The van der Waals surface area contributed by atoms with E-state index in [4.69, 9.17) is 0 Å². The van der Waals surface area contributed by atoms with Gasteiger partial charge in [-0.15, -0.1) is 9.24 Å². The molecule has 29 heavy (non-hydrogen) atoms. The lowest BCUT2D eigenvalue weighted by Crippen LogP contribution is -2.44. The topological polar surface area (TPSA) is 44.3 Å². The number of hydrogen-bond donors (Lipinski definition) is 1. The van der Waals surface area contributed by atoms with Gasteiger partial charge in [0.15, 0.2) is 0 Å². The molecule has 0 radical (unpaired) electrons. The summed E-state index contributed by atoms with van der Waals surface area (Å²) in [4.78, 5) is 13.8. The van der Waals surface area contributed by atoms with Gasteiger partial charge in [0.25, 0.3) is 0 Å². The number of fused-ring (bicyclic) bond motifs is 1. The van der Waals surface area contributed by atoms with Crippen LogP contribution >= 0.6 is 9.24 Å². The van der Waals surface area contributed by atoms with E-state index in [1.165, 1.54) is 16.8 Å². The summed E-state index contributed by atoms with van der Waals surface area (Å²) in [7, 11) is 4.97. The first kappa shape index (κ1) is 21.5. The van der Waals surface area contributed by atoms with Crippen LogP contribution in [0.15, 0.2) is 59.7 Å². The quantitative estimate of drug-likeness (QED) is 0.586. The number of likely N-dealkylation sites (N-methyl/N-ethyl adjacent to an activating group) is 1. The molecule has 1 aromatic heterocycles. The zero-order valence-corrected chi connectivity index (χ0v) is 19.1. The van der Waals surface area contributed by atoms with E-state index in [1.54, 1.807) is 12.4 Å². The molecule has 0 amide bonds. The number of nitrogens with zero attached hydrogens (tertiary/aromatic N) is 4. The summed E-state index contributed by atoms with van der Waals surface area (Å²) in [6, 6.07) is 4.28. The number of hydrogen-bond acceptors (Lipinski definition) is 5. The van der Waals surface area contributed by atoms with Crippen molar-refractivity contribution < 1.29 is 0 Å². The third-order valence-electron chi connectivity index (χ3n) is 5.13. The molecule has 1 unspecified atom stereocenters. The van der Waals surface area contributed by atoms with Gasteiger partial charge in [-0.25, -0.2) is 0 Å². The Labute approximate surface area is 176 Å². The molecule has 2 aromatic rings. The summed E-state index contributed by atoms with van der Waals surface area (Å²) < 4.78 is 0. The molecule has 0 bridgehead atoms. The molecule has 5 nitrogen and oxygen atoms in total. The number of nitrogens with one attached hydrogen (secondary N) is 1. The van der Waals surface area contributed by atoms with Crippen LogP contribution in [0.1, 0.15) is 26.3 Å². The fourth-order valence-electron chi connectivity index (χ4n) is 3.46. The zero-order valence-electron chi connectivity index (χ0n) is 17.9. The smallest absolute Gasteiger partial charge is 0.0958 e. The number of benzene rings is 1. The Morgan fingerprint density at radius 3 is 2.52 bits per heavy atom. The van der Waals surface area contributed by atoms with Gasteiger partial charge >= 0.3 is 0 Å². The average molecular weight is 410 g/mol. The van der Waals surface area contributed by atoms with Crippen molar-refractivity contribution in [1.29, 1.82) is 0 Å². The highest BCUT2D eigenvalue weighted by atomic mass is 31.0. The Hall–Kier alpha value is -2.23. The SMILES string of the molecule is C/C=C(NCc1cc(P)c2nccnc2c1)\C(=C/C=C(C)C)N1CCN(C)CC1. The Bertz CT molecular complexity index is 935. The number of allylic oxidation sites excluding steroid dienone is 4. The molecular formula is C23H32N5P. The molecule has 1 atom stereocenters. The molecule has 0 spiro atoms. The summed E-state index contributed by atoms with van der Waals surface area (Å²) in [6.45, 7) is 11.4. The van der Waals surface area contributed by atoms with E-state index in [1.807, 2.05) is 0 Å². The number of piperazine rings is 1. The minimum absolute atomic E-state index is 0.744. The predicted octanol–water partition coefficient (Wildman–Crippen LogP) is 3.22. The summed E-state index contributed by atoms with van der Waals surface area (Å²) in [5.41, 5.74) is 6.78. The Kier molecular flexibility index (Phi) is 7.40. The molecule has 1 N–H and O–H groups in total. The van der Waals surface area contributed by atoms with Crippen LogP contribution in [0.3, 0.4) is 0 Å². The van der Waals surface area contributed by atoms with Crippen LogP contribution in [0.25, 0.3) is 11.0 Å². The highest BCUT2D eigenvalue weighted by Gasteiger charge is 2.18. The van der Waals surface area contributed by atoms with E-state index < -0.39 is 0 Å². The van der Waals surface area contributed by atoms with Gasteiger partial charge in [-0.05, 0) is 56.9 Å². The van der Waals surface area contributed by atoms with Crippen LogP contribution in [-0.2, 0) is 6.54 Å². The van der Waals surface area contributed by atoms with Crippen molar-refractivity contribution in [3.05, 3.63) is 65.3 Å². The standard InChI is InChI=1S/C23H32N5P/c1-5-19(21(7-6-17(2)3)28-12-10-27(4)11-13-28)26-16-18-14-20-23(22(29)15-18)25-9-8-24-20/h5-9,14-15,26H,10-13,16,29H2,1-4H3/b19-5+,21-7+.